The van der Waals surface area contributed by atoms with Gasteiger partial charge in [0.1, 0.15) is 6.04 Å². The van der Waals surface area contributed by atoms with Gasteiger partial charge in [0.25, 0.3) is 0 Å². The third-order valence-electron chi connectivity index (χ3n) is 4.76. The highest BCUT2D eigenvalue weighted by molar-refractivity contribution is 5.97. The SMILES string of the molecule is CC(=O)Nc1ccc(NC(=O)[C@H](Cc2ccccc2)NC(=O)N2CCCC2)cc1. The maximum absolute atomic E-state index is 12.9. The Morgan fingerprint density at radius 1 is 0.897 bits per heavy atom. The van der Waals surface area contributed by atoms with Gasteiger partial charge in [-0.2, -0.15) is 0 Å². The largest absolute Gasteiger partial charge is 0.326 e. The summed E-state index contributed by atoms with van der Waals surface area (Å²) in [6, 6.07) is 15.6. The van der Waals surface area contributed by atoms with Gasteiger partial charge in [-0.05, 0) is 42.7 Å². The average Bonchev–Trinajstić information content (AvgIpc) is 3.24. The van der Waals surface area contributed by atoms with Gasteiger partial charge in [-0.1, -0.05) is 30.3 Å². The van der Waals surface area contributed by atoms with Crippen molar-refractivity contribution in [1.29, 1.82) is 0 Å². The first-order chi connectivity index (χ1) is 14.0. The summed E-state index contributed by atoms with van der Waals surface area (Å²) in [7, 11) is 0. The van der Waals surface area contributed by atoms with E-state index in [1.165, 1.54) is 6.92 Å². The Balaban J connectivity index is 1.68. The first-order valence-corrected chi connectivity index (χ1v) is 9.79. The Morgan fingerprint density at radius 2 is 1.48 bits per heavy atom. The monoisotopic (exact) mass is 394 g/mol. The van der Waals surface area contributed by atoms with E-state index in [2.05, 4.69) is 16.0 Å². The van der Waals surface area contributed by atoms with Crippen LogP contribution in [0.5, 0.6) is 0 Å². The van der Waals surface area contributed by atoms with E-state index in [0.29, 0.717) is 17.8 Å². The van der Waals surface area contributed by atoms with Gasteiger partial charge in [0.05, 0.1) is 0 Å². The number of hydrogen-bond acceptors (Lipinski definition) is 3. The number of carbonyl (C=O) groups is 3. The molecule has 3 rings (SSSR count). The Kier molecular flexibility index (Phi) is 6.84. The molecule has 3 N–H and O–H groups in total. The van der Waals surface area contributed by atoms with Crippen molar-refractivity contribution in [2.24, 2.45) is 0 Å². The number of benzene rings is 2. The van der Waals surface area contributed by atoms with Crippen molar-refractivity contribution in [3.8, 4) is 0 Å². The lowest BCUT2D eigenvalue weighted by atomic mass is 10.1. The topological polar surface area (TPSA) is 90.5 Å². The summed E-state index contributed by atoms with van der Waals surface area (Å²) < 4.78 is 0. The molecule has 2 aromatic rings. The Labute approximate surface area is 170 Å². The summed E-state index contributed by atoms with van der Waals surface area (Å²) in [4.78, 5) is 38.3. The molecule has 2 aromatic carbocycles. The minimum Gasteiger partial charge on any atom is -0.326 e. The molecule has 1 aliphatic rings. The van der Waals surface area contributed by atoms with Gasteiger partial charge in [0, 0.05) is 37.8 Å². The van der Waals surface area contributed by atoms with Crippen LogP contribution < -0.4 is 16.0 Å². The van der Waals surface area contributed by atoms with Crippen LogP contribution in [0.3, 0.4) is 0 Å². The lowest BCUT2D eigenvalue weighted by Gasteiger charge is -2.23. The molecule has 7 heteroatoms. The zero-order valence-electron chi connectivity index (χ0n) is 16.5. The normalized spacial score (nSPS) is 14.2. The molecule has 0 aliphatic carbocycles. The number of nitrogens with zero attached hydrogens (tertiary/aromatic N) is 1. The molecule has 1 heterocycles. The first-order valence-electron chi connectivity index (χ1n) is 9.79. The Bertz CT molecular complexity index is 846. The van der Waals surface area contributed by atoms with Gasteiger partial charge in [0.15, 0.2) is 0 Å². The number of hydrogen-bond donors (Lipinski definition) is 3. The highest BCUT2D eigenvalue weighted by Gasteiger charge is 2.25. The molecule has 0 radical (unpaired) electrons. The first kappa shape index (κ1) is 20.4. The second-order valence-corrected chi connectivity index (χ2v) is 7.13. The standard InChI is InChI=1S/C22H26N4O3/c1-16(27)23-18-9-11-19(12-10-18)24-21(28)20(15-17-7-3-2-4-8-17)25-22(29)26-13-5-6-14-26/h2-4,7-12,20H,5-6,13-15H2,1H3,(H,23,27)(H,24,28)(H,25,29)/t20-/m0/s1. The molecule has 0 unspecified atom stereocenters. The van der Waals surface area contributed by atoms with E-state index < -0.39 is 6.04 Å². The van der Waals surface area contributed by atoms with Crippen molar-refractivity contribution in [3.63, 3.8) is 0 Å². The van der Waals surface area contributed by atoms with E-state index in [0.717, 1.165) is 31.5 Å². The molecule has 0 aromatic heterocycles. The highest BCUT2D eigenvalue weighted by Crippen LogP contribution is 2.15. The van der Waals surface area contributed by atoms with Crippen LogP contribution in [0.25, 0.3) is 0 Å². The van der Waals surface area contributed by atoms with Gasteiger partial charge in [-0.25, -0.2) is 4.79 Å². The van der Waals surface area contributed by atoms with E-state index in [-0.39, 0.29) is 17.8 Å². The third kappa shape index (κ3) is 6.07. The van der Waals surface area contributed by atoms with Gasteiger partial charge in [-0.3, -0.25) is 9.59 Å². The molecule has 1 aliphatic heterocycles. The lowest BCUT2D eigenvalue weighted by molar-refractivity contribution is -0.118. The summed E-state index contributed by atoms with van der Waals surface area (Å²) in [6.45, 7) is 2.87. The summed E-state index contributed by atoms with van der Waals surface area (Å²) in [5.74, 6) is -0.442. The molecule has 29 heavy (non-hydrogen) atoms. The maximum atomic E-state index is 12.9. The summed E-state index contributed by atoms with van der Waals surface area (Å²) in [5.41, 5.74) is 2.21. The molecule has 0 spiro atoms. The fourth-order valence-electron chi connectivity index (χ4n) is 3.29. The zero-order chi connectivity index (χ0) is 20.6. The van der Waals surface area contributed by atoms with E-state index in [1.807, 2.05) is 30.3 Å². The van der Waals surface area contributed by atoms with E-state index in [1.54, 1.807) is 29.2 Å². The smallest absolute Gasteiger partial charge is 0.318 e. The number of likely N-dealkylation sites (tertiary alicyclic amines) is 1. The number of amides is 4. The molecule has 4 amide bonds. The highest BCUT2D eigenvalue weighted by atomic mass is 16.2. The minimum absolute atomic E-state index is 0.158. The van der Waals surface area contributed by atoms with Crippen LogP contribution >= 0.6 is 0 Å². The van der Waals surface area contributed by atoms with Crippen LogP contribution in [0.15, 0.2) is 54.6 Å². The van der Waals surface area contributed by atoms with Crippen molar-refractivity contribution < 1.29 is 14.4 Å². The molecule has 1 atom stereocenters. The van der Waals surface area contributed by atoms with Crippen LogP contribution in [0.1, 0.15) is 25.3 Å². The number of nitrogens with one attached hydrogen (secondary N) is 3. The average molecular weight is 394 g/mol. The quantitative estimate of drug-likeness (QED) is 0.703. The zero-order valence-corrected chi connectivity index (χ0v) is 16.5. The lowest BCUT2D eigenvalue weighted by Crippen LogP contribution is -2.49. The fourth-order valence-corrected chi connectivity index (χ4v) is 3.29. The Morgan fingerprint density at radius 3 is 2.07 bits per heavy atom. The molecule has 7 nitrogen and oxygen atoms in total. The van der Waals surface area contributed by atoms with Crippen molar-refractivity contribution in [2.75, 3.05) is 23.7 Å². The van der Waals surface area contributed by atoms with Gasteiger partial charge >= 0.3 is 6.03 Å². The van der Waals surface area contributed by atoms with E-state index in [9.17, 15) is 14.4 Å². The van der Waals surface area contributed by atoms with Crippen LogP contribution in [-0.4, -0.2) is 41.9 Å². The van der Waals surface area contributed by atoms with Crippen LogP contribution in [-0.2, 0) is 16.0 Å². The van der Waals surface area contributed by atoms with Crippen molar-refractivity contribution >= 4 is 29.2 Å². The molecule has 1 saturated heterocycles. The molecule has 0 bridgehead atoms. The number of rotatable bonds is 6. The van der Waals surface area contributed by atoms with E-state index >= 15 is 0 Å². The molecule has 1 fully saturated rings. The summed E-state index contributed by atoms with van der Waals surface area (Å²) in [6.07, 6.45) is 2.38. The summed E-state index contributed by atoms with van der Waals surface area (Å²) >= 11 is 0. The van der Waals surface area contributed by atoms with Gasteiger partial charge in [0.2, 0.25) is 11.8 Å². The predicted octanol–water partition coefficient (Wildman–Crippen LogP) is 3.00. The molecule has 0 saturated carbocycles. The number of carbonyl (C=O) groups excluding carboxylic acids is 3. The van der Waals surface area contributed by atoms with Gasteiger partial charge < -0.3 is 20.9 Å². The number of anilines is 2. The molecular weight excluding hydrogens is 368 g/mol. The predicted molar refractivity (Wildman–Crippen MR) is 113 cm³/mol. The van der Waals surface area contributed by atoms with Gasteiger partial charge in [-0.15, -0.1) is 0 Å². The Hall–Kier alpha value is -3.35. The minimum atomic E-state index is -0.694. The van der Waals surface area contributed by atoms with Crippen LogP contribution in [0.4, 0.5) is 16.2 Å². The molecular formula is C22H26N4O3. The second kappa shape index (κ2) is 9.73. The van der Waals surface area contributed by atoms with Crippen molar-refractivity contribution in [2.45, 2.75) is 32.2 Å². The maximum Gasteiger partial charge on any atom is 0.318 e. The number of urea groups is 1. The van der Waals surface area contributed by atoms with E-state index in [4.69, 9.17) is 0 Å². The fraction of sp³-hybridized carbons (Fsp3) is 0.318. The van der Waals surface area contributed by atoms with Crippen LogP contribution in [0.2, 0.25) is 0 Å². The molecule has 152 valence electrons. The van der Waals surface area contributed by atoms with Crippen LogP contribution in [0, 0.1) is 0 Å². The van der Waals surface area contributed by atoms with Crippen molar-refractivity contribution in [3.05, 3.63) is 60.2 Å². The third-order valence-corrected chi connectivity index (χ3v) is 4.76. The van der Waals surface area contributed by atoms with Crippen molar-refractivity contribution in [1.82, 2.24) is 10.2 Å². The second-order valence-electron chi connectivity index (χ2n) is 7.13. The summed E-state index contributed by atoms with van der Waals surface area (Å²) in [5, 5.41) is 8.42.